The van der Waals surface area contributed by atoms with E-state index in [1.807, 2.05) is 36.5 Å². The second-order valence-electron chi connectivity index (χ2n) is 2.80. The van der Waals surface area contributed by atoms with E-state index in [1.54, 1.807) is 6.08 Å². The summed E-state index contributed by atoms with van der Waals surface area (Å²) >= 11 is 0. The molecule has 0 saturated carbocycles. The molecule has 1 N–H and O–H groups in total. The van der Waals surface area contributed by atoms with Gasteiger partial charge in [-0.1, -0.05) is 24.3 Å². The molecule has 0 radical (unpaired) electrons. The van der Waals surface area contributed by atoms with E-state index >= 15 is 0 Å². The highest BCUT2D eigenvalue weighted by molar-refractivity contribution is 5.73. The van der Waals surface area contributed by atoms with Crippen LogP contribution >= 0.6 is 0 Å². The number of nitriles is 1. The van der Waals surface area contributed by atoms with E-state index in [9.17, 15) is 5.11 Å². The number of nitrogens with zero attached hydrogens (tertiary/aromatic N) is 2. The van der Waals surface area contributed by atoms with Crippen molar-refractivity contribution in [3.63, 3.8) is 0 Å². The minimum atomic E-state index is -0.833. The van der Waals surface area contributed by atoms with E-state index in [0.717, 1.165) is 11.3 Å². The van der Waals surface area contributed by atoms with Crippen LogP contribution in [0.15, 0.2) is 30.3 Å². The van der Waals surface area contributed by atoms with Gasteiger partial charge in [0.1, 0.15) is 0 Å². The Labute approximate surface area is 76.1 Å². The minimum Gasteiger partial charge on any atom is -0.369 e. The van der Waals surface area contributed by atoms with Gasteiger partial charge in [-0.2, -0.15) is 5.26 Å². The number of benzene rings is 1. The average Bonchev–Trinajstić information content (AvgIpc) is 2.18. The van der Waals surface area contributed by atoms with E-state index in [0.29, 0.717) is 0 Å². The molecule has 1 unspecified atom stereocenters. The highest BCUT2D eigenvalue weighted by Gasteiger charge is 2.18. The second-order valence-corrected chi connectivity index (χ2v) is 2.80. The number of aliphatic hydroxyl groups excluding tert-OH is 1. The number of fused-ring (bicyclic) bond motifs is 1. The summed E-state index contributed by atoms with van der Waals surface area (Å²) in [6, 6.07) is 7.46. The first-order valence-electron chi connectivity index (χ1n) is 3.97. The van der Waals surface area contributed by atoms with Crippen LogP contribution < -0.4 is 4.90 Å². The number of rotatable bonds is 0. The number of hydrogen-bond acceptors (Lipinski definition) is 3. The van der Waals surface area contributed by atoms with Gasteiger partial charge in [0, 0.05) is 0 Å². The summed E-state index contributed by atoms with van der Waals surface area (Å²) in [5.41, 5.74) is 1.70. The van der Waals surface area contributed by atoms with Crippen molar-refractivity contribution in [2.75, 3.05) is 4.90 Å². The predicted octanol–water partition coefficient (Wildman–Crippen LogP) is 1.32. The lowest BCUT2D eigenvalue weighted by Gasteiger charge is -2.24. The second kappa shape index (κ2) is 2.92. The largest absolute Gasteiger partial charge is 0.369 e. The molecule has 1 aromatic rings. The van der Waals surface area contributed by atoms with E-state index < -0.39 is 6.23 Å². The van der Waals surface area contributed by atoms with Gasteiger partial charge < -0.3 is 5.11 Å². The van der Waals surface area contributed by atoms with Crippen LogP contribution in [0, 0.1) is 11.5 Å². The smallest absolute Gasteiger partial charge is 0.186 e. The van der Waals surface area contributed by atoms with Crippen molar-refractivity contribution in [2.45, 2.75) is 6.23 Å². The molecule has 1 aliphatic heterocycles. The van der Waals surface area contributed by atoms with Gasteiger partial charge in [-0.05, 0) is 17.7 Å². The zero-order valence-electron chi connectivity index (χ0n) is 6.88. The topological polar surface area (TPSA) is 47.3 Å². The summed E-state index contributed by atoms with van der Waals surface area (Å²) in [6.45, 7) is 0. The predicted molar refractivity (Wildman–Crippen MR) is 49.6 cm³/mol. The van der Waals surface area contributed by atoms with Crippen LogP contribution in [-0.4, -0.2) is 11.3 Å². The van der Waals surface area contributed by atoms with Gasteiger partial charge in [-0.15, -0.1) is 0 Å². The summed E-state index contributed by atoms with van der Waals surface area (Å²) < 4.78 is 0. The Hall–Kier alpha value is -1.79. The summed E-state index contributed by atoms with van der Waals surface area (Å²) in [5, 5.41) is 18.2. The van der Waals surface area contributed by atoms with E-state index in [2.05, 4.69) is 0 Å². The molecule has 0 fully saturated rings. The summed E-state index contributed by atoms with van der Waals surface area (Å²) in [7, 11) is 0. The van der Waals surface area contributed by atoms with Gasteiger partial charge >= 0.3 is 0 Å². The fourth-order valence-electron chi connectivity index (χ4n) is 1.38. The molecule has 0 aromatic heterocycles. The molecule has 3 nitrogen and oxygen atoms in total. The fraction of sp³-hybridized carbons (Fsp3) is 0.100. The van der Waals surface area contributed by atoms with E-state index in [-0.39, 0.29) is 0 Å². The lowest BCUT2D eigenvalue weighted by molar-refractivity contribution is 0.229. The number of hydrogen-bond donors (Lipinski definition) is 1. The standard InChI is InChI=1S/C10H8N2O/c11-7-12-9-4-2-1-3-8(9)5-6-10(12)13/h1-6,10,13H. The lowest BCUT2D eigenvalue weighted by Crippen LogP contribution is -2.31. The van der Waals surface area contributed by atoms with Crippen LogP contribution in [0.4, 0.5) is 5.69 Å². The van der Waals surface area contributed by atoms with Crippen molar-refractivity contribution in [3.05, 3.63) is 35.9 Å². The monoisotopic (exact) mass is 172 g/mol. The molecule has 0 spiro atoms. The molecule has 2 rings (SSSR count). The zero-order valence-corrected chi connectivity index (χ0v) is 6.88. The Kier molecular flexibility index (Phi) is 1.76. The maximum absolute atomic E-state index is 9.43. The minimum absolute atomic E-state index is 0.750. The van der Waals surface area contributed by atoms with Gasteiger partial charge in [-0.25, -0.2) is 4.90 Å². The fourth-order valence-corrected chi connectivity index (χ4v) is 1.38. The van der Waals surface area contributed by atoms with Gasteiger partial charge in [0.15, 0.2) is 12.4 Å². The highest BCUT2D eigenvalue weighted by atomic mass is 16.3. The van der Waals surface area contributed by atoms with Crippen molar-refractivity contribution in [2.24, 2.45) is 0 Å². The first-order chi connectivity index (χ1) is 6.33. The molecular formula is C10H8N2O. The van der Waals surface area contributed by atoms with Crippen molar-refractivity contribution >= 4 is 11.8 Å². The van der Waals surface area contributed by atoms with Crippen LogP contribution in [0.3, 0.4) is 0 Å². The molecule has 1 aromatic carbocycles. The van der Waals surface area contributed by atoms with Crippen LogP contribution in [0.25, 0.3) is 6.08 Å². The van der Waals surface area contributed by atoms with E-state index in [1.165, 1.54) is 4.90 Å². The van der Waals surface area contributed by atoms with Gasteiger partial charge in [0.2, 0.25) is 0 Å². The van der Waals surface area contributed by atoms with Gasteiger partial charge in [0.05, 0.1) is 5.69 Å². The number of para-hydroxylation sites is 1. The SMILES string of the molecule is N#CN1c2ccccc2C=CC1O. The van der Waals surface area contributed by atoms with Crippen LogP contribution in [0.2, 0.25) is 0 Å². The molecule has 1 heterocycles. The normalized spacial score (nSPS) is 19.4. The molecule has 1 aliphatic rings. The van der Waals surface area contributed by atoms with Crippen molar-refractivity contribution in [1.82, 2.24) is 0 Å². The molecular weight excluding hydrogens is 164 g/mol. The quantitative estimate of drug-likeness (QED) is 0.600. The van der Waals surface area contributed by atoms with Crippen LogP contribution in [-0.2, 0) is 0 Å². The molecule has 0 bridgehead atoms. The van der Waals surface area contributed by atoms with Crippen molar-refractivity contribution < 1.29 is 5.11 Å². The Morgan fingerprint density at radius 1 is 1.38 bits per heavy atom. The third kappa shape index (κ3) is 1.17. The zero-order chi connectivity index (χ0) is 9.26. The molecule has 0 aliphatic carbocycles. The molecule has 3 heteroatoms. The first kappa shape index (κ1) is 7.84. The summed E-state index contributed by atoms with van der Waals surface area (Å²) in [5.74, 6) is 0. The maximum atomic E-state index is 9.43. The Bertz CT molecular complexity index is 392. The molecule has 0 saturated heterocycles. The Morgan fingerprint density at radius 3 is 2.92 bits per heavy atom. The summed E-state index contributed by atoms with van der Waals surface area (Å²) in [6.07, 6.45) is 4.51. The van der Waals surface area contributed by atoms with Crippen LogP contribution in [0.1, 0.15) is 5.56 Å². The third-order valence-electron chi connectivity index (χ3n) is 2.02. The number of anilines is 1. The third-order valence-corrected chi connectivity index (χ3v) is 2.02. The van der Waals surface area contributed by atoms with Crippen molar-refractivity contribution in [3.8, 4) is 6.19 Å². The van der Waals surface area contributed by atoms with Gasteiger partial charge in [0.25, 0.3) is 0 Å². The average molecular weight is 172 g/mol. The molecule has 64 valence electrons. The Balaban J connectivity index is 2.55. The highest BCUT2D eigenvalue weighted by Crippen LogP contribution is 2.26. The summed E-state index contributed by atoms with van der Waals surface area (Å²) in [4.78, 5) is 1.27. The number of aliphatic hydroxyl groups is 1. The van der Waals surface area contributed by atoms with Crippen LogP contribution in [0.5, 0.6) is 0 Å². The maximum Gasteiger partial charge on any atom is 0.186 e. The Morgan fingerprint density at radius 2 is 2.15 bits per heavy atom. The molecule has 0 amide bonds. The van der Waals surface area contributed by atoms with Crippen molar-refractivity contribution in [1.29, 1.82) is 5.26 Å². The molecule has 13 heavy (non-hydrogen) atoms. The van der Waals surface area contributed by atoms with E-state index in [4.69, 9.17) is 5.26 Å². The first-order valence-corrected chi connectivity index (χ1v) is 3.97. The molecule has 1 atom stereocenters. The van der Waals surface area contributed by atoms with Gasteiger partial charge in [-0.3, -0.25) is 0 Å². The lowest BCUT2D eigenvalue weighted by atomic mass is 10.1.